The summed E-state index contributed by atoms with van der Waals surface area (Å²) in [7, 11) is 1.76. The molecule has 8 heteroatoms. The minimum atomic E-state index is -0.799. The number of ether oxygens (including phenoxy) is 1. The summed E-state index contributed by atoms with van der Waals surface area (Å²) >= 11 is 0. The van der Waals surface area contributed by atoms with E-state index < -0.39 is 17.6 Å². The van der Waals surface area contributed by atoms with Gasteiger partial charge in [0.15, 0.2) is 0 Å². The minimum Gasteiger partial charge on any atom is -0.454 e. The quantitative estimate of drug-likeness (QED) is 0.750. The predicted molar refractivity (Wildman–Crippen MR) is 76.3 cm³/mol. The number of aromatic amines is 1. The zero-order chi connectivity index (χ0) is 16.4. The molecule has 2 heterocycles. The lowest BCUT2D eigenvalue weighted by atomic mass is 10.1. The van der Waals surface area contributed by atoms with Crippen LogP contribution in [0, 0.1) is 11.6 Å². The fraction of sp³-hybridized carbons (Fsp3) is 0.133. The predicted octanol–water partition coefficient (Wildman–Crippen LogP) is 2.45. The third-order valence-corrected chi connectivity index (χ3v) is 3.33. The first kappa shape index (κ1) is 14.9. The fourth-order valence-corrected chi connectivity index (χ4v) is 2.11. The number of benzene rings is 1. The van der Waals surface area contributed by atoms with E-state index in [1.165, 1.54) is 12.3 Å². The smallest absolute Gasteiger partial charge is 0.342 e. The van der Waals surface area contributed by atoms with E-state index in [9.17, 15) is 13.6 Å². The van der Waals surface area contributed by atoms with Crippen molar-refractivity contribution >= 4 is 5.97 Å². The van der Waals surface area contributed by atoms with Crippen LogP contribution in [0.3, 0.4) is 0 Å². The molecule has 1 aromatic carbocycles. The second kappa shape index (κ2) is 5.99. The first-order valence-corrected chi connectivity index (χ1v) is 6.69. The second-order valence-corrected chi connectivity index (χ2v) is 4.79. The van der Waals surface area contributed by atoms with Crippen molar-refractivity contribution in [2.75, 3.05) is 0 Å². The molecule has 118 valence electrons. The van der Waals surface area contributed by atoms with Crippen LogP contribution in [0.25, 0.3) is 11.3 Å². The van der Waals surface area contributed by atoms with Crippen LogP contribution in [0.4, 0.5) is 8.78 Å². The second-order valence-electron chi connectivity index (χ2n) is 4.79. The highest BCUT2D eigenvalue weighted by molar-refractivity contribution is 5.96. The summed E-state index contributed by atoms with van der Waals surface area (Å²) in [5, 5.41) is 6.12. The van der Waals surface area contributed by atoms with E-state index in [4.69, 9.17) is 4.74 Å². The van der Waals surface area contributed by atoms with Gasteiger partial charge in [-0.25, -0.2) is 18.6 Å². The molecule has 0 unspecified atom stereocenters. The molecule has 1 N–H and O–H groups in total. The van der Waals surface area contributed by atoms with Crippen LogP contribution < -0.4 is 0 Å². The Bertz CT molecular complexity index is 837. The molecule has 6 nitrogen and oxygen atoms in total. The van der Waals surface area contributed by atoms with Crippen LogP contribution in [0.1, 0.15) is 16.2 Å². The van der Waals surface area contributed by atoms with Gasteiger partial charge in [-0.2, -0.15) is 5.10 Å². The highest BCUT2D eigenvalue weighted by Crippen LogP contribution is 2.27. The number of carbonyl (C=O) groups excluding carboxylic acids is 1. The normalized spacial score (nSPS) is 10.7. The Morgan fingerprint density at radius 2 is 2.09 bits per heavy atom. The van der Waals surface area contributed by atoms with Gasteiger partial charge in [0.05, 0.1) is 17.5 Å². The molecule has 23 heavy (non-hydrogen) atoms. The van der Waals surface area contributed by atoms with Gasteiger partial charge in [-0.05, 0) is 12.1 Å². The monoisotopic (exact) mass is 318 g/mol. The first-order valence-electron chi connectivity index (χ1n) is 6.69. The third-order valence-electron chi connectivity index (χ3n) is 3.33. The van der Waals surface area contributed by atoms with Gasteiger partial charge in [0.2, 0.25) is 0 Å². The molecule has 3 rings (SSSR count). The summed E-state index contributed by atoms with van der Waals surface area (Å²) in [4.78, 5) is 16.2. The minimum absolute atomic E-state index is 0.0526. The van der Waals surface area contributed by atoms with E-state index >= 15 is 0 Å². The SMILES string of the molecule is Cn1ccnc1COC(=O)c1cn[nH]c1-c1c(F)cccc1F. The van der Waals surface area contributed by atoms with Gasteiger partial charge in [0, 0.05) is 19.4 Å². The molecule has 3 aromatic rings. The topological polar surface area (TPSA) is 72.8 Å². The Hall–Kier alpha value is -3.03. The van der Waals surface area contributed by atoms with E-state index in [2.05, 4.69) is 15.2 Å². The van der Waals surface area contributed by atoms with Gasteiger partial charge < -0.3 is 9.30 Å². The number of carbonyl (C=O) groups is 1. The van der Waals surface area contributed by atoms with Gasteiger partial charge in [-0.1, -0.05) is 6.07 Å². The molecular weight excluding hydrogens is 306 g/mol. The number of aromatic nitrogens is 4. The lowest BCUT2D eigenvalue weighted by Crippen LogP contribution is -2.09. The first-order chi connectivity index (χ1) is 11.1. The Morgan fingerprint density at radius 1 is 1.35 bits per heavy atom. The molecule has 0 fully saturated rings. The molecule has 0 spiro atoms. The van der Waals surface area contributed by atoms with Gasteiger partial charge in [0.25, 0.3) is 0 Å². The van der Waals surface area contributed by atoms with Crippen LogP contribution in [0.2, 0.25) is 0 Å². The maximum atomic E-state index is 13.9. The van der Waals surface area contributed by atoms with E-state index in [1.54, 1.807) is 24.0 Å². The standard InChI is InChI=1S/C15H12F2N4O2/c1-21-6-5-18-12(21)8-23-15(22)9-7-19-20-14(9)13-10(16)3-2-4-11(13)17/h2-7H,8H2,1H3,(H,19,20). The average molecular weight is 318 g/mol. The number of imidazole rings is 1. The maximum Gasteiger partial charge on any atom is 0.342 e. The number of halogens is 2. The molecule has 0 amide bonds. The number of aryl methyl sites for hydroxylation is 1. The lowest BCUT2D eigenvalue weighted by Gasteiger charge is -2.07. The largest absolute Gasteiger partial charge is 0.454 e. The maximum absolute atomic E-state index is 13.9. The average Bonchev–Trinajstić information content (AvgIpc) is 3.14. The van der Waals surface area contributed by atoms with Crippen LogP contribution in [-0.2, 0) is 18.4 Å². The number of hydrogen-bond donors (Lipinski definition) is 1. The summed E-state index contributed by atoms with van der Waals surface area (Å²) in [5.74, 6) is -1.81. The number of nitrogens with one attached hydrogen (secondary N) is 1. The number of hydrogen-bond acceptors (Lipinski definition) is 4. The van der Waals surface area contributed by atoms with Crippen molar-refractivity contribution in [1.82, 2.24) is 19.7 Å². The van der Waals surface area contributed by atoms with E-state index in [0.717, 1.165) is 12.1 Å². The number of rotatable bonds is 4. The van der Waals surface area contributed by atoms with E-state index in [0.29, 0.717) is 5.82 Å². The van der Waals surface area contributed by atoms with Gasteiger partial charge in [-0.15, -0.1) is 0 Å². The van der Waals surface area contributed by atoms with Crippen LogP contribution in [-0.4, -0.2) is 25.7 Å². The Morgan fingerprint density at radius 3 is 2.74 bits per heavy atom. The van der Waals surface area contributed by atoms with Crippen molar-refractivity contribution < 1.29 is 18.3 Å². The lowest BCUT2D eigenvalue weighted by molar-refractivity contribution is 0.0460. The number of esters is 1. The number of nitrogens with zero attached hydrogens (tertiary/aromatic N) is 3. The molecule has 2 aromatic heterocycles. The van der Waals surface area contributed by atoms with Crippen molar-refractivity contribution in [3.63, 3.8) is 0 Å². The summed E-state index contributed by atoms with van der Waals surface area (Å²) in [6.45, 7) is -0.0628. The Labute approximate surface area is 129 Å². The highest BCUT2D eigenvalue weighted by Gasteiger charge is 2.22. The fourth-order valence-electron chi connectivity index (χ4n) is 2.11. The molecular formula is C15H12F2N4O2. The van der Waals surface area contributed by atoms with Gasteiger partial charge in [0.1, 0.15) is 29.6 Å². The van der Waals surface area contributed by atoms with Crippen molar-refractivity contribution in [1.29, 1.82) is 0 Å². The van der Waals surface area contributed by atoms with Crippen molar-refractivity contribution in [2.24, 2.45) is 7.05 Å². The van der Waals surface area contributed by atoms with E-state index in [1.807, 2.05) is 0 Å². The van der Waals surface area contributed by atoms with Crippen LogP contribution in [0.15, 0.2) is 36.8 Å². The van der Waals surface area contributed by atoms with Crippen LogP contribution in [0.5, 0.6) is 0 Å². The van der Waals surface area contributed by atoms with Crippen LogP contribution >= 0.6 is 0 Å². The van der Waals surface area contributed by atoms with Gasteiger partial charge in [-0.3, -0.25) is 5.10 Å². The molecule has 0 aliphatic rings. The molecule has 0 aliphatic carbocycles. The molecule has 0 bridgehead atoms. The Balaban J connectivity index is 1.86. The summed E-state index contributed by atoms with van der Waals surface area (Å²) in [6.07, 6.45) is 4.45. The van der Waals surface area contributed by atoms with Crippen molar-refractivity contribution in [3.8, 4) is 11.3 Å². The zero-order valence-corrected chi connectivity index (χ0v) is 12.1. The molecule has 0 atom stereocenters. The number of H-pyrrole nitrogens is 1. The summed E-state index contributed by atoms with van der Waals surface area (Å²) < 4.78 is 34.6. The van der Waals surface area contributed by atoms with Crippen molar-refractivity contribution in [2.45, 2.75) is 6.61 Å². The van der Waals surface area contributed by atoms with Gasteiger partial charge >= 0.3 is 5.97 Å². The molecule has 0 saturated heterocycles. The zero-order valence-electron chi connectivity index (χ0n) is 12.1. The van der Waals surface area contributed by atoms with E-state index in [-0.39, 0.29) is 23.4 Å². The molecule has 0 radical (unpaired) electrons. The Kier molecular flexibility index (Phi) is 3.88. The molecule has 0 aliphatic heterocycles. The summed E-state index contributed by atoms with van der Waals surface area (Å²) in [6, 6.07) is 3.44. The highest BCUT2D eigenvalue weighted by atomic mass is 19.1. The van der Waals surface area contributed by atoms with Crippen molar-refractivity contribution in [3.05, 3.63) is 59.8 Å². The third kappa shape index (κ3) is 2.83. The molecule has 0 saturated carbocycles. The summed E-state index contributed by atoms with van der Waals surface area (Å²) in [5.41, 5.74) is -0.470.